The van der Waals surface area contributed by atoms with Crippen molar-refractivity contribution in [3.8, 4) is 0 Å². The highest BCUT2D eigenvalue weighted by Crippen LogP contribution is 2.22. The lowest BCUT2D eigenvalue weighted by Crippen LogP contribution is -2.32. The summed E-state index contributed by atoms with van der Waals surface area (Å²) in [6.07, 6.45) is 0. The first-order valence-electron chi connectivity index (χ1n) is 8.40. The van der Waals surface area contributed by atoms with Gasteiger partial charge < -0.3 is 16.0 Å². The first kappa shape index (κ1) is 19.8. The van der Waals surface area contributed by atoms with E-state index in [1.807, 2.05) is 39.0 Å². The van der Waals surface area contributed by atoms with Crippen molar-refractivity contribution in [2.45, 2.75) is 33.7 Å². The molecular weight excluding hydrogens is 350 g/mol. The highest BCUT2D eigenvalue weighted by Gasteiger charge is 2.21. The molecule has 2 aromatic rings. The van der Waals surface area contributed by atoms with Crippen LogP contribution in [0.2, 0.25) is 5.02 Å². The zero-order valence-corrected chi connectivity index (χ0v) is 16.1. The summed E-state index contributed by atoms with van der Waals surface area (Å²) in [7, 11) is 0. The molecule has 3 N–H and O–H groups in total. The minimum absolute atomic E-state index is 0.0503. The van der Waals surface area contributed by atoms with Crippen LogP contribution >= 0.6 is 11.6 Å². The molecule has 2 aromatic carbocycles. The Morgan fingerprint density at radius 1 is 0.923 bits per heavy atom. The molecule has 1 unspecified atom stereocenters. The molecule has 0 fully saturated rings. The van der Waals surface area contributed by atoms with E-state index in [-0.39, 0.29) is 11.8 Å². The Labute approximate surface area is 159 Å². The predicted octanol–water partition coefficient (Wildman–Crippen LogP) is 4.76. The predicted molar refractivity (Wildman–Crippen MR) is 108 cm³/mol. The van der Waals surface area contributed by atoms with Crippen molar-refractivity contribution in [3.63, 3.8) is 0 Å². The normalized spacial score (nSPS) is 12.2. The quantitative estimate of drug-likeness (QED) is 0.707. The van der Waals surface area contributed by atoms with Crippen LogP contribution in [0.1, 0.15) is 27.7 Å². The summed E-state index contributed by atoms with van der Waals surface area (Å²) in [6, 6.07) is 13.9. The average Bonchev–Trinajstić information content (AvgIpc) is 2.57. The number of hydrogen-bond donors (Lipinski definition) is 3. The molecule has 26 heavy (non-hydrogen) atoms. The molecule has 0 saturated heterocycles. The van der Waals surface area contributed by atoms with E-state index in [2.05, 4.69) is 16.0 Å². The lowest BCUT2D eigenvalue weighted by atomic mass is 9.95. The summed E-state index contributed by atoms with van der Waals surface area (Å²) in [5, 5.41) is 9.27. The van der Waals surface area contributed by atoms with Crippen molar-refractivity contribution in [1.29, 1.82) is 0 Å². The van der Waals surface area contributed by atoms with Gasteiger partial charge >= 0.3 is 0 Å². The Morgan fingerprint density at radius 2 is 1.50 bits per heavy atom. The second kappa shape index (κ2) is 8.23. The van der Waals surface area contributed by atoms with Gasteiger partial charge in [0.15, 0.2) is 0 Å². The lowest BCUT2D eigenvalue weighted by Gasteiger charge is -2.18. The van der Waals surface area contributed by atoms with Crippen LogP contribution in [0.5, 0.6) is 0 Å². The maximum absolute atomic E-state index is 12.3. The van der Waals surface area contributed by atoms with Crippen molar-refractivity contribution in [1.82, 2.24) is 0 Å². The minimum Gasteiger partial charge on any atom is -0.374 e. The van der Waals surface area contributed by atoms with E-state index in [1.165, 1.54) is 0 Å². The molecule has 0 bridgehead atoms. The molecule has 0 aromatic heterocycles. The van der Waals surface area contributed by atoms with Gasteiger partial charge in [-0.05, 0) is 43.3 Å². The first-order chi connectivity index (χ1) is 12.2. The van der Waals surface area contributed by atoms with E-state index in [0.29, 0.717) is 16.4 Å². The minimum atomic E-state index is -0.457. The summed E-state index contributed by atoms with van der Waals surface area (Å²) < 4.78 is 0. The average molecular weight is 374 g/mol. The van der Waals surface area contributed by atoms with Crippen LogP contribution in [0.4, 0.5) is 17.1 Å². The first-order valence-corrected chi connectivity index (χ1v) is 8.78. The summed E-state index contributed by atoms with van der Waals surface area (Å²) in [5.41, 5.74) is 1.61. The molecule has 138 valence electrons. The molecule has 2 amide bonds. The molecule has 0 aliphatic heterocycles. The number of halogens is 1. The van der Waals surface area contributed by atoms with Gasteiger partial charge in [0, 0.05) is 16.8 Å². The topological polar surface area (TPSA) is 70.2 Å². The van der Waals surface area contributed by atoms with Crippen molar-refractivity contribution in [2.24, 2.45) is 5.41 Å². The Balaban J connectivity index is 1.94. The molecule has 0 spiro atoms. The van der Waals surface area contributed by atoms with Gasteiger partial charge in [-0.2, -0.15) is 0 Å². The fraction of sp³-hybridized carbons (Fsp3) is 0.300. The van der Waals surface area contributed by atoms with Crippen LogP contribution in [0.3, 0.4) is 0 Å². The van der Waals surface area contributed by atoms with Gasteiger partial charge in [-0.1, -0.05) is 44.5 Å². The number of benzene rings is 2. The molecule has 0 heterocycles. The van der Waals surface area contributed by atoms with Crippen LogP contribution in [-0.4, -0.2) is 17.9 Å². The Morgan fingerprint density at radius 3 is 2.08 bits per heavy atom. The maximum atomic E-state index is 12.3. The van der Waals surface area contributed by atoms with Crippen LogP contribution in [0.25, 0.3) is 0 Å². The van der Waals surface area contributed by atoms with Crippen LogP contribution in [0.15, 0.2) is 48.5 Å². The molecule has 0 radical (unpaired) electrons. The van der Waals surface area contributed by atoms with Gasteiger partial charge in [-0.3, -0.25) is 9.59 Å². The van der Waals surface area contributed by atoms with E-state index < -0.39 is 11.5 Å². The van der Waals surface area contributed by atoms with Crippen molar-refractivity contribution in [3.05, 3.63) is 53.6 Å². The number of amides is 2. The van der Waals surface area contributed by atoms with E-state index in [1.54, 1.807) is 37.3 Å². The summed E-state index contributed by atoms with van der Waals surface area (Å²) in [4.78, 5) is 24.3. The standard InChI is InChI=1S/C20H24ClN3O2/c1-13(18(25)24-17-8-6-5-7-16(17)21)22-14-9-11-15(12-10-14)23-19(26)20(2,3)4/h5-13,22H,1-4H3,(H,23,26)(H,24,25). The number of carbonyl (C=O) groups excluding carboxylic acids is 2. The lowest BCUT2D eigenvalue weighted by molar-refractivity contribution is -0.123. The third-order valence-electron chi connectivity index (χ3n) is 3.73. The number of carbonyl (C=O) groups is 2. The summed E-state index contributed by atoms with van der Waals surface area (Å²) >= 11 is 6.05. The van der Waals surface area contributed by atoms with E-state index in [4.69, 9.17) is 11.6 Å². The van der Waals surface area contributed by atoms with Crippen LogP contribution < -0.4 is 16.0 Å². The number of anilines is 3. The number of nitrogens with one attached hydrogen (secondary N) is 3. The third-order valence-corrected chi connectivity index (χ3v) is 4.06. The van der Waals surface area contributed by atoms with E-state index in [9.17, 15) is 9.59 Å². The smallest absolute Gasteiger partial charge is 0.246 e. The SMILES string of the molecule is CC(Nc1ccc(NC(=O)C(C)(C)C)cc1)C(=O)Nc1ccccc1Cl. The molecule has 5 nitrogen and oxygen atoms in total. The maximum Gasteiger partial charge on any atom is 0.246 e. The zero-order valence-electron chi connectivity index (χ0n) is 15.4. The van der Waals surface area contributed by atoms with Gasteiger partial charge in [-0.25, -0.2) is 0 Å². The second-order valence-corrected chi connectivity index (χ2v) is 7.52. The molecule has 0 saturated carbocycles. The van der Waals surface area contributed by atoms with Gasteiger partial charge in [0.2, 0.25) is 11.8 Å². The van der Waals surface area contributed by atoms with Crippen LogP contribution in [0, 0.1) is 5.41 Å². The van der Waals surface area contributed by atoms with Crippen molar-refractivity contribution < 1.29 is 9.59 Å². The van der Waals surface area contributed by atoms with E-state index >= 15 is 0 Å². The highest BCUT2D eigenvalue weighted by atomic mass is 35.5. The van der Waals surface area contributed by atoms with Gasteiger partial charge in [0.1, 0.15) is 6.04 Å². The second-order valence-electron chi connectivity index (χ2n) is 7.12. The highest BCUT2D eigenvalue weighted by molar-refractivity contribution is 6.33. The Bertz CT molecular complexity index is 782. The fourth-order valence-corrected chi connectivity index (χ4v) is 2.27. The number of para-hydroxylation sites is 1. The number of rotatable bonds is 5. The fourth-order valence-electron chi connectivity index (χ4n) is 2.09. The van der Waals surface area contributed by atoms with Gasteiger partial charge in [-0.15, -0.1) is 0 Å². The molecule has 2 rings (SSSR count). The molecular formula is C20H24ClN3O2. The molecule has 1 atom stereocenters. The van der Waals surface area contributed by atoms with Gasteiger partial charge in [0.25, 0.3) is 0 Å². The Kier molecular flexibility index (Phi) is 6.27. The van der Waals surface area contributed by atoms with Gasteiger partial charge in [0.05, 0.1) is 10.7 Å². The van der Waals surface area contributed by atoms with E-state index in [0.717, 1.165) is 5.69 Å². The molecule has 6 heteroatoms. The largest absolute Gasteiger partial charge is 0.374 e. The van der Waals surface area contributed by atoms with Crippen molar-refractivity contribution >= 4 is 40.5 Å². The summed E-state index contributed by atoms with van der Waals surface area (Å²) in [6.45, 7) is 7.34. The van der Waals surface area contributed by atoms with Crippen LogP contribution in [-0.2, 0) is 9.59 Å². The monoisotopic (exact) mass is 373 g/mol. The van der Waals surface area contributed by atoms with Crippen molar-refractivity contribution in [2.75, 3.05) is 16.0 Å². The zero-order chi connectivity index (χ0) is 19.3. The number of hydrogen-bond acceptors (Lipinski definition) is 3. The molecule has 0 aliphatic carbocycles. The third kappa shape index (κ3) is 5.49. The molecule has 0 aliphatic rings. The Hall–Kier alpha value is -2.53. The summed E-state index contributed by atoms with van der Waals surface area (Å²) in [5.74, 6) is -0.242.